The number of hydrogen-bond donors (Lipinski definition) is 0. The highest BCUT2D eigenvalue weighted by Crippen LogP contribution is 2.38. The van der Waals surface area contributed by atoms with E-state index >= 15 is 0 Å². The number of nitrogens with zero attached hydrogens (tertiary/aromatic N) is 3. The Hall–Kier alpha value is -1.21. The van der Waals surface area contributed by atoms with Crippen LogP contribution in [-0.4, -0.2) is 33.7 Å². The Morgan fingerprint density at radius 3 is 2.39 bits per heavy atom. The van der Waals surface area contributed by atoms with Crippen molar-refractivity contribution in [1.82, 2.24) is 5.01 Å². The average Bonchev–Trinajstić information content (AvgIpc) is 2.71. The highest BCUT2D eigenvalue weighted by molar-refractivity contribution is 9.11. The van der Waals surface area contributed by atoms with Gasteiger partial charge in [0, 0.05) is 16.9 Å². The molecular weight excluding hydrogens is 426 g/mol. The molecule has 1 aliphatic heterocycles. The molecule has 124 valence electrons. The standard InChI is InChI=1S/C16H19Br2N3O2/c1-10(20-23-12-8-6-11(17)7-9-12)16(18)13(15(2,3)4)19-21(5)14(16)22/h6-9H,1-5H3/b20-10-. The van der Waals surface area contributed by atoms with Gasteiger partial charge < -0.3 is 4.84 Å². The van der Waals surface area contributed by atoms with Crippen molar-refractivity contribution < 1.29 is 9.63 Å². The van der Waals surface area contributed by atoms with Crippen LogP contribution in [0.3, 0.4) is 0 Å². The van der Waals surface area contributed by atoms with Gasteiger partial charge in [0.15, 0.2) is 10.1 Å². The Kier molecular flexibility index (Phi) is 5.01. The largest absolute Gasteiger partial charge is 0.357 e. The third kappa shape index (κ3) is 3.50. The first kappa shape index (κ1) is 18.1. The summed E-state index contributed by atoms with van der Waals surface area (Å²) in [6.45, 7) is 7.79. The molecule has 0 bridgehead atoms. The van der Waals surface area contributed by atoms with Crippen LogP contribution in [0.25, 0.3) is 0 Å². The molecule has 1 aliphatic rings. The highest BCUT2D eigenvalue weighted by Gasteiger charge is 2.54. The predicted molar refractivity (Wildman–Crippen MR) is 99.2 cm³/mol. The minimum Gasteiger partial charge on any atom is -0.357 e. The maximum absolute atomic E-state index is 12.6. The number of rotatable bonds is 3. The van der Waals surface area contributed by atoms with E-state index in [4.69, 9.17) is 4.84 Å². The third-order valence-corrected chi connectivity index (χ3v) is 5.29. The lowest BCUT2D eigenvalue weighted by atomic mass is 9.80. The number of alkyl halides is 1. The molecule has 1 aromatic carbocycles. The van der Waals surface area contributed by atoms with Crippen molar-refractivity contribution in [3.05, 3.63) is 28.7 Å². The van der Waals surface area contributed by atoms with Crippen molar-refractivity contribution in [3.63, 3.8) is 0 Å². The van der Waals surface area contributed by atoms with Crippen LogP contribution in [0.4, 0.5) is 0 Å². The second-order valence-electron chi connectivity index (χ2n) is 6.41. The summed E-state index contributed by atoms with van der Waals surface area (Å²) < 4.78 is -0.118. The van der Waals surface area contributed by atoms with Crippen molar-refractivity contribution >= 4 is 49.2 Å². The molecule has 1 amide bonds. The smallest absolute Gasteiger partial charge is 0.271 e. The van der Waals surface area contributed by atoms with Crippen LogP contribution in [-0.2, 0) is 4.79 Å². The minimum absolute atomic E-state index is 0.178. The summed E-state index contributed by atoms with van der Waals surface area (Å²) in [5.41, 5.74) is 0.916. The number of halogens is 2. The lowest BCUT2D eigenvalue weighted by Gasteiger charge is -2.28. The summed E-state index contributed by atoms with van der Waals surface area (Å²) >= 11 is 6.93. The SMILES string of the molecule is C/C(=N/Oc1ccc(Br)cc1)C1(Br)C(=O)N(C)N=C1C(C)(C)C. The molecule has 0 N–H and O–H groups in total. The second-order valence-corrected chi connectivity index (χ2v) is 8.51. The molecule has 0 saturated heterocycles. The monoisotopic (exact) mass is 443 g/mol. The van der Waals surface area contributed by atoms with Crippen LogP contribution in [0.1, 0.15) is 27.7 Å². The van der Waals surface area contributed by atoms with Crippen LogP contribution in [0.2, 0.25) is 0 Å². The zero-order valence-corrected chi connectivity index (χ0v) is 16.9. The van der Waals surface area contributed by atoms with Crippen molar-refractivity contribution in [2.75, 3.05) is 7.05 Å². The lowest BCUT2D eigenvalue weighted by Crippen LogP contribution is -2.50. The van der Waals surface area contributed by atoms with E-state index in [9.17, 15) is 4.79 Å². The molecule has 1 aromatic rings. The lowest BCUT2D eigenvalue weighted by molar-refractivity contribution is -0.127. The van der Waals surface area contributed by atoms with Crippen LogP contribution in [0, 0.1) is 5.41 Å². The number of oxime groups is 1. The fraction of sp³-hybridized carbons (Fsp3) is 0.438. The first-order valence-electron chi connectivity index (χ1n) is 7.11. The van der Waals surface area contributed by atoms with Gasteiger partial charge in [0.2, 0.25) is 0 Å². The zero-order valence-electron chi connectivity index (χ0n) is 13.7. The van der Waals surface area contributed by atoms with Crippen LogP contribution < -0.4 is 4.84 Å². The van der Waals surface area contributed by atoms with Gasteiger partial charge in [-0.25, -0.2) is 5.01 Å². The summed E-state index contributed by atoms with van der Waals surface area (Å²) in [6.07, 6.45) is 0. The molecule has 0 aromatic heterocycles. The molecule has 0 aliphatic carbocycles. The van der Waals surface area contributed by atoms with E-state index in [1.165, 1.54) is 5.01 Å². The van der Waals surface area contributed by atoms with Crippen molar-refractivity contribution in [2.24, 2.45) is 15.7 Å². The zero-order chi connectivity index (χ0) is 17.4. The summed E-state index contributed by atoms with van der Waals surface area (Å²) in [5.74, 6) is 0.416. The molecule has 7 heteroatoms. The molecule has 0 saturated carbocycles. The van der Waals surface area contributed by atoms with Gasteiger partial charge in [0.25, 0.3) is 5.91 Å². The molecule has 2 rings (SSSR count). The molecule has 23 heavy (non-hydrogen) atoms. The predicted octanol–water partition coefficient (Wildman–Crippen LogP) is 4.21. The van der Waals surface area contributed by atoms with Gasteiger partial charge in [-0.05, 0) is 31.2 Å². The van der Waals surface area contributed by atoms with E-state index in [0.717, 1.165) is 4.47 Å². The summed E-state index contributed by atoms with van der Waals surface area (Å²) in [4.78, 5) is 18.1. The number of benzene rings is 1. The van der Waals surface area contributed by atoms with Gasteiger partial charge in [-0.2, -0.15) is 5.10 Å². The quantitative estimate of drug-likeness (QED) is 0.398. The Balaban J connectivity index is 2.33. The summed E-state index contributed by atoms with van der Waals surface area (Å²) in [5, 5.41) is 9.89. The van der Waals surface area contributed by atoms with Gasteiger partial charge >= 0.3 is 0 Å². The van der Waals surface area contributed by atoms with Crippen molar-refractivity contribution in [3.8, 4) is 5.75 Å². The minimum atomic E-state index is -1.07. The normalized spacial score (nSPS) is 22.4. The first-order valence-corrected chi connectivity index (χ1v) is 8.69. The first-order chi connectivity index (χ1) is 10.6. The van der Waals surface area contributed by atoms with Crippen LogP contribution >= 0.6 is 31.9 Å². The van der Waals surface area contributed by atoms with Gasteiger partial charge in [-0.15, -0.1) is 0 Å². The van der Waals surface area contributed by atoms with Crippen LogP contribution in [0.15, 0.2) is 39.0 Å². The molecule has 0 radical (unpaired) electrons. The number of hydrazone groups is 1. The number of carbonyl (C=O) groups excluding carboxylic acids is 1. The molecule has 5 nitrogen and oxygen atoms in total. The summed E-state index contributed by atoms with van der Waals surface area (Å²) in [6, 6.07) is 7.31. The van der Waals surface area contributed by atoms with E-state index in [1.54, 1.807) is 26.1 Å². The van der Waals surface area contributed by atoms with E-state index < -0.39 is 4.32 Å². The van der Waals surface area contributed by atoms with Crippen LogP contribution in [0.5, 0.6) is 5.75 Å². The van der Waals surface area contributed by atoms with E-state index in [-0.39, 0.29) is 11.3 Å². The maximum atomic E-state index is 12.6. The van der Waals surface area contributed by atoms with E-state index in [2.05, 4.69) is 42.1 Å². The molecule has 1 heterocycles. The average molecular weight is 445 g/mol. The maximum Gasteiger partial charge on any atom is 0.271 e. The number of hydrogen-bond acceptors (Lipinski definition) is 4. The Labute approximate surface area is 153 Å². The topological polar surface area (TPSA) is 54.3 Å². The molecule has 1 unspecified atom stereocenters. The fourth-order valence-corrected chi connectivity index (χ4v) is 3.53. The number of amides is 1. The Bertz CT molecular complexity index is 678. The van der Waals surface area contributed by atoms with Gasteiger partial charge in [-0.1, -0.05) is 57.8 Å². The molecule has 1 atom stereocenters. The molecule has 0 fully saturated rings. The van der Waals surface area contributed by atoms with Crippen molar-refractivity contribution in [1.29, 1.82) is 0 Å². The fourth-order valence-electron chi connectivity index (χ4n) is 2.26. The molecule has 0 spiro atoms. The third-order valence-electron chi connectivity index (χ3n) is 3.48. The van der Waals surface area contributed by atoms with Gasteiger partial charge in [0.05, 0.1) is 11.4 Å². The van der Waals surface area contributed by atoms with E-state index in [0.29, 0.717) is 17.2 Å². The highest BCUT2D eigenvalue weighted by atomic mass is 79.9. The van der Waals surface area contributed by atoms with Gasteiger partial charge in [0.1, 0.15) is 0 Å². The Morgan fingerprint density at radius 2 is 1.87 bits per heavy atom. The van der Waals surface area contributed by atoms with Gasteiger partial charge in [-0.3, -0.25) is 4.79 Å². The van der Waals surface area contributed by atoms with Crippen molar-refractivity contribution in [2.45, 2.75) is 32.0 Å². The second kappa shape index (κ2) is 6.36. The Morgan fingerprint density at radius 1 is 1.30 bits per heavy atom. The van der Waals surface area contributed by atoms with E-state index in [1.807, 2.05) is 32.9 Å². The summed E-state index contributed by atoms with van der Waals surface area (Å²) in [7, 11) is 1.64. The number of carbonyl (C=O) groups is 1. The molecular formula is C16H19Br2N3O2.